The topological polar surface area (TPSA) is 12.5 Å². The summed E-state index contributed by atoms with van der Waals surface area (Å²) in [7, 11) is 0.606. The molecule has 90 valence electrons. The highest BCUT2D eigenvalue weighted by molar-refractivity contribution is 6.87. The molecule has 0 bridgehead atoms. The van der Waals surface area contributed by atoms with Crippen LogP contribution in [0.5, 0.6) is 0 Å². The predicted molar refractivity (Wildman–Crippen MR) is 73.8 cm³/mol. The van der Waals surface area contributed by atoms with Gasteiger partial charge in [-0.05, 0) is 38.8 Å². The number of hydrogen-bond donors (Lipinski definition) is 0. The molecule has 0 aliphatic rings. The summed E-state index contributed by atoms with van der Waals surface area (Å²) in [6, 6.07) is 0. The second kappa shape index (κ2) is 4.53. The molecule has 1 unspecified atom stereocenters. The first kappa shape index (κ1) is 15.1. The minimum Gasteiger partial charge on any atom is -0.441 e. The molecule has 4 heteroatoms. The van der Waals surface area contributed by atoms with E-state index in [1.165, 1.54) is 0 Å². The Hall–Kier alpha value is 0.0938. The summed E-state index contributed by atoms with van der Waals surface area (Å²) < 4.78 is 8.69. The predicted octanol–water partition coefficient (Wildman–Crippen LogP) is 3.37. The molecular formula is C11H27NOSi2. The molecule has 0 spiro atoms. The van der Waals surface area contributed by atoms with Crippen molar-refractivity contribution in [3.05, 3.63) is 12.3 Å². The van der Waals surface area contributed by atoms with E-state index in [4.69, 9.17) is 4.12 Å². The van der Waals surface area contributed by atoms with Crippen molar-refractivity contribution in [2.24, 2.45) is 0 Å². The van der Waals surface area contributed by atoms with E-state index in [0.717, 1.165) is 0 Å². The first-order chi connectivity index (χ1) is 6.46. The van der Waals surface area contributed by atoms with Crippen molar-refractivity contribution in [1.29, 1.82) is 0 Å². The fourth-order valence-corrected chi connectivity index (χ4v) is 7.77. The Morgan fingerprint density at radius 2 is 1.53 bits per heavy atom. The van der Waals surface area contributed by atoms with Crippen LogP contribution >= 0.6 is 0 Å². The number of rotatable bonds is 4. The molecular weight excluding hydrogens is 218 g/mol. The van der Waals surface area contributed by atoms with Gasteiger partial charge in [0.15, 0.2) is 8.32 Å². The van der Waals surface area contributed by atoms with E-state index in [1.807, 2.05) is 5.70 Å². The van der Waals surface area contributed by atoms with Crippen molar-refractivity contribution >= 4 is 16.8 Å². The summed E-state index contributed by atoms with van der Waals surface area (Å²) in [5, 5.41) is 0.264. The first-order valence-electron chi connectivity index (χ1n) is 5.47. The van der Waals surface area contributed by atoms with Crippen LogP contribution in [0.15, 0.2) is 12.3 Å². The summed E-state index contributed by atoms with van der Waals surface area (Å²) in [5.74, 6) is 0. The molecule has 0 aromatic rings. The molecule has 0 aromatic heterocycles. The summed E-state index contributed by atoms with van der Waals surface area (Å²) in [6.07, 6.45) is 0. The van der Waals surface area contributed by atoms with Crippen LogP contribution in [-0.2, 0) is 4.12 Å². The van der Waals surface area contributed by atoms with Gasteiger partial charge in [-0.2, -0.15) is 0 Å². The zero-order valence-electron chi connectivity index (χ0n) is 11.6. The van der Waals surface area contributed by atoms with Crippen LogP contribution in [0.1, 0.15) is 20.8 Å². The van der Waals surface area contributed by atoms with E-state index in [9.17, 15) is 0 Å². The molecule has 0 heterocycles. The van der Waals surface area contributed by atoms with Gasteiger partial charge in [0, 0.05) is 0 Å². The third-order valence-electron chi connectivity index (χ3n) is 3.53. The molecule has 0 fully saturated rings. The fourth-order valence-electron chi connectivity index (χ4n) is 0.985. The van der Waals surface area contributed by atoms with Crippen LogP contribution in [0.4, 0.5) is 0 Å². The van der Waals surface area contributed by atoms with Crippen molar-refractivity contribution < 1.29 is 4.12 Å². The molecule has 0 saturated heterocycles. The van der Waals surface area contributed by atoms with Crippen LogP contribution in [0.3, 0.4) is 0 Å². The van der Waals surface area contributed by atoms with Gasteiger partial charge in [-0.25, -0.2) is 0 Å². The third-order valence-corrected chi connectivity index (χ3v) is 13.4. The second-order valence-corrected chi connectivity index (χ2v) is 14.8. The van der Waals surface area contributed by atoms with Crippen LogP contribution < -0.4 is 0 Å². The number of hydrogen-bond acceptors (Lipinski definition) is 2. The highest BCUT2D eigenvalue weighted by atomic mass is 28.4. The third kappa shape index (κ3) is 3.55. The van der Waals surface area contributed by atoms with E-state index in [-0.39, 0.29) is 5.04 Å². The molecule has 0 radical (unpaired) electrons. The molecule has 0 amide bonds. The number of nitrogens with zero attached hydrogens (tertiary/aromatic N) is 1. The van der Waals surface area contributed by atoms with Gasteiger partial charge in [0.2, 0.25) is 0 Å². The van der Waals surface area contributed by atoms with Gasteiger partial charge < -0.3 is 8.68 Å². The van der Waals surface area contributed by atoms with Gasteiger partial charge in [-0.3, -0.25) is 0 Å². The lowest BCUT2D eigenvalue weighted by atomic mass is 10.2. The zero-order chi connectivity index (χ0) is 12.5. The molecule has 0 N–H and O–H groups in total. The maximum atomic E-state index is 6.49. The van der Waals surface area contributed by atoms with Crippen molar-refractivity contribution in [1.82, 2.24) is 4.57 Å². The Morgan fingerprint density at radius 1 is 1.13 bits per heavy atom. The van der Waals surface area contributed by atoms with E-state index in [2.05, 4.69) is 65.7 Å². The normalized spacial score (nSPS) is 17.7. The van der Waals surface area contributed by atoms with Crippen LogP contribution in [0.2, 0.25) is 24.7 Å². The smallest absolute Gasteiger partial charge is 0.283 e. The fraction of sp³-hybridized carbons (Fsp3) is 0.818. The first-order valence-corrected chi connectivity index (χ1v) is 10.8. The van der Waals surface area contributed by atoms with E-state index >= 15 is 0 Å². The molecule has 0 aromatic carbocycles. The molecule has 0 aliphatic carbocycles. The Kier molecular flexibility index (Phi) is 4.56. The Bertz CT molecular complexity index is 233. The maximum absolute atomic E-state index is 6.49. The van der Waals surface area contributed by atoms with E-state index in [0.29, 0.717) is 0 Å². The Labute approximate surface area is 97.7 Å². The van der Waals surface area contributed by atoms with Crippen molar-refractivity contribution in [3.63, 3.8) is 0 Å². The SMILES string of the molecule is C=C[Si](C)(O[Si](C)(C)C(C)(C)C)N(C)C. The van der Waals surface area contributed by atoms with Gasteiger partial charge in [0.25, 0.3) is 8.48 Å². The highest BCUT2D eigenvalue weighted by Crippen LogP contribution is 2.38. The van der Waals surface area contributed by atoms with Gasteiger partial charge >= 0.3 is 0 Å². The monoisotopic (exact) mass is 245 g/mol. The Morgan fingerprint density at radius 3 is 1.73 bits per heavy atom. The lowest BCUT2D eigenvalue weighted by Gasteiger charge is -2.44. The largest absolute Gasteiger partial charge is 0.441 e. The molecule has 1 atom stereocenters. The standard InChI is InChI=1S/C11H27NOSi2/c1-10-15(9,12(5)6)13-14(7,8)11(2,3)4/h10H,1H2,2-9H3. The van der Waals surface area contributed by atoms with Gasteiger partial charge in [-0.1, -0.05) is 26.5 Å². The van der Waals surface area contributed by atoms with Gasteiger partial charge in [0.1, 0.15) is 0 Å². The van der Waals surface area contributed by atoms with Gasteiger partial charge in [0.05, 0.1) is 0 Å². The van der Waals surface area contributed by atoms with Crippen LogP contribution in [0, 0.1) is 0 Å². The van der Waals surface area contributed by atoms with Crippen LogP contribution in [-0.4, -0.2) is 35.5 Å². The van der Waals surface area contributed by atoms with Crippen molar-refractivity contribution in [3.8, 4) is 0 Å². The zero-order valence-corrected chi connectivity index (χ0v) is 13.6. The average molecular weight is 246 g/mol. The molecule has 0 saturated carbocycles. The summed E-state index contributed by atoms with van der Waals surface area (Å²) in [5.41, 5.74) is 2.02. The quantitative estimate of drug-likeness (QED) is 0.704. The van der Waals surface area contributed by atoms with E-state index < -0.39 is 16.8 Å². The molecule has 0 rings (SSSR count). The lowest BCUT2D eigenvalue weighted by molar-refractivity contribution is 0.420. The molecule has 2 nitrogen and oxygen atoms in total. The van der Waals surface area contributed by atoms with E-state index in [1.54, 1.807) is 0 Å². The van der Waals surface area contributed by atoms with Gasteiger partial charge in [-0.15, -0.1) is 6.58 Å². The summed E-state index contributed by atoms with van der Waals surface area (Å²) in [4.78, 5) is 0. The summed E-state index contributed by atoms with van der Waals surface area (Å²) >= 11 is 0. The van der Waals surface area contributed by atoms with Crippen molar-refractivity contribution in [2.45, 2.75) is 45.5 Å². The highest BCUT2D eigenvalue weighted by Gasteiger charge is 2.43. The average Bonchev–Trinajstić information content (AvgIpc) is 2.00. The molecule has 0 aliphatic heterocycles. The second-order valence-electron chi connectivity index (χ2n) is 6.02. The lowest BCUT2D eigenvalue weighted by Crippen LogP contribution is -2.57. The molecule has 15 heavy (non-hydrogen) atoms. The van der Waals surface area contributed by atoms with Crippen LogP contribution in [0.25, 0.3) is 0 Å². The minimum absolute atomic E-state index is 0.264. The van der Waals surface area contributed by atoms with Crippen molar-refractivity contribution in [2.75, 3.05) is 14.1 Å². The maximum Gasteiger partial charge on any atom is 0.283 e. The summed E-state index contributed by atoms with van der Waals surface area (Å²) in [6.45, 7) is 17.6. The minimum atomic E-state index is -1.89. The Balaban J connectivity index is 4.92.